The molecule has 0 saturated carbocycles. The predicted molar refractivity (Wildman–Crippen MR) is 95.8 cm³/mol. The Hall–Kier alpha value is -2.11. The van der Waals surface area contributed by atoms with Gasteiger partial charge in [0.15, 0.2) is 0 Å². The maximum Gasteiger partial charge on any atom is 0.417 e. The van der Waals surface area contributed by atoms with E-state index in [1.807, 2.05) is 0 Å². The lowest BCUT2D eigenvalue weighted by Crippen LogP contribution is -2.12. The summed E-state index contributed by atoms with van der Waals surface area (Å²) in [5, 5.41) is -0.0708. The minimum absolute atomic E-state index is 0.0708. The van der Waals surface area contributed by atoms with Crippen LogP contribution in [0.15, 0.2) is 22.7 Å². The average Bonchev–Trinajstić information content (AvgIpc) is 2.90. The highest BCUT2D eigenvalue weighted by atomic mass is 32.2. The van der Waals surface area contributed by atoms with Crippen LogP contribution in [0.2, 0.25) is 0 Å². The van der Waals surface area contributed by atoms with Crippen LogP contribution in [0.1, 0.15) is 5.56 Å². The number of aromatic nitrogens is 3. The molecular weight excluding hydrogens is 387 g/mol. The summed E-state index contributed by atoms with van der Waals surface area (Å²) in [5.74, 6) is 0.738. The van der Waals surface area contributed by atoms with E-state index in [2.05, 4.69) is 15.0 Å². The van der Waals surface area contributed by atoms with Crippen molar-refractivity contribution >= 4 is 45.0 Å². The number of nitrogens with zero attached hydrogens (tertiary/aromatic N) is 2. The number of nitrogen functional groups attached to an aromatic ring is 2. The molecule has 5 N–H and O–H groups in total. The van der Waals surface area contributed by atoms with Gasteiger partial charge in [0, 0.05) is 18.2 Å². The fourth-order valence-corrected chi connectivity index (χ4v) is 4.57. The molecule has 0 atom stereocenters. The summed E-state index contributed by atoms with van der Waals surface area (Å²) < 4.78 is 46.4. The summed E-state index contributed by atoms with van der Waals surface area (Å²) in [6.07, 6.45) is -1.74. The van der Waals surface area contributed by atoms with Crippen molar-refractivity contribution in [3.63, 3.8) is 0 Å². The van der Waals surface area contributed by atoms with E-state index >= 15 is 0 Å². The van der Waals surface area contributed by atoms with Crippen molar-refractivity contribution in [2.75, 3.05) is 30.9 Å². The van der Waals surface area contributed by atoms with Gasteiger partial charge in [0.05, 0.1) is 39.5 Å². The number of hydrogen-bond donors (Lipinski definition) is 2. The standard InChI is InChI=1S/C15H14F3N5OS2/c1-24-2-3-25-13-11(19)10-8(15(16,17)18)4-9(23-12(10)26-13)7-5-21-14(20)22-6-7/h4-6H,2-3,19H2,1H3,(H2,20,21,22)/p+1. The quantitative estimate of drug-likeness (QED) is 0.502. The number of alkyl halides is 3. The summed E-state index contributed by atoms with van der Waals surface area (Å²) in [6, 6.07) is 0.982. The first-order valence-corrected chi connectivity index (χ1v) is 9.17. The van der Waals surface area contributed by atoms with Crippen molar-refractivity contribution in [2.24, 2.45) is 0 Å². The summed E-state index contributed by atoms with van der Waals surface area (Å²) in [5.41, 5.74) is 11.3. The molecule has 0 fully saturated rings. The molecule has 3 aromatic heterocycles. The number of fused-ring (bicyclic) bond motifs is 1. The third-order valence-electron chi connectivity index (χ3n) is 3.50. The lowest BCUT2D eigenvalue weighted by molar-refractivity contribution is -0.363. The number of rotatable bonds is 5. The molecule has 0 unspecified atom stereocenters. The Labute approximate surface area is 154 Å². The number of hydrogen-bond acceptors (Lipinski definition) is 7. The van der Waals surface area contributed by atoms with Gasteiger partial charge in [-0.15, -0.1) is 23.1 Å². The normalized spacial score (nSPS) is 12.0. The fourth-order valence-electron chi connectivity index (χ4n) is 2.30. The lowest BCUT2D eigenvalue weighted by Gasteiger charge is -2.10. The Morgan fingerprint density at radius 3 is 2.73 bits per heavy atom. The second kappa shape index (κ2) is 7.25. The number of H-pyrrole nitrogens is 1. The molecule has 0 spiro atoms. The van der Waals surface area contributed by atoms with Gasteiger partial charge in [-0.3, -0.25) is 5.73 Å². The highest BCUT2D eigenvalue weighted by molar-refractivity contribution is 8.01. The highest BCUT2D eigenvalue weighted by Gasteiger charge is 2.35. The minimum Gasteiger partial charge on any atom is -0.397 e. The van der Waals surface area contributed by atoms with Crippen molar-refractivity contribution < 1.29 is 22.9 Å². The van der Waals surface area contributed by atoms with Crippen molar-refractivity contribution in [3.05, 3.63) is 24.0 Å². The molecule has 0 aromatic carbocycles. The second-order valence-corrected chi connectivity index (χ2v) is 7.63. The Morgan fingerprint density at radius 1 is 1.35 bits per heavy atom. The van der Waals surface area contributed by atoms with Crippen LogP contribution in [-0.2, 0) is 10.9 Å². The summed E-state index contributed by atoms with van der Waals surface area (Å²) in [7, 11) is 1.56. The van der Waals surface area contributed by atoms with Crippen LogP contribution in [0.25, 0.3) is 21.5 Å². The molecular formula is C15H15F3N5OS2+. The maximum absolute atomic E-state index is 13.6. The molecule has 26 heavy (non-hydrogen) atoms. The van der Waals surface area contributed by atoms with Crippen LogP contribution in [0.3, 0.4) is 0 Å². The van der Waals surface area contributed by atoms with E-state index in [0.29, 0.717) is 22.1 Å². The molecule has 0 bridgehead atoms. The first-order chi connectivity index (χ1) is 12.3. The van der Waals surface area contributed by atoms with E-state index in [0.717, 1.165) is 17.4 Å². The van der Waals surface area contributed by atoms with E-state index in [4.69, 9.17) is 16.2 Å². The van der Waals surface area contributed by atoms with Gasteiger partial charge in [-0.1, -0.05) is 4.98 Å². The highest BCUT2D eigenvalue weighted by Crippen LogP contribution is 2.46. The van der Waals surface area contributed by atoms with Crippen molar-refractivity contribution in [1.82, 2.24) is 9.97 Å². The number of nitrogens with one attached hydrogen (secondary N) is 1. The molecule has 0 amide bonds. The van der Waals surface area contributed by atoms with Crippen LogP contribution >= 0.6 is 23.1 Å². The molecule has 3 rings (SSSR count). The van der Waals surface area contributed by atoms with Crippen molar-refractivity contribution in [3.8, 4) is 11.3 Å². The lowest BCUT2D eigenvalue weighted by atomic mass is 10.1. The summed E-state index contributed by atoms with van der Waals surface area (Å²) in [4.78, 5) is 11.1. The zero-order valence-corrected chi connectivity index (χ0v) is 15.2. The monoisotopic (exact) mass is 402 g/mol. The van der Waals surface area contributed by atoms with E-state index in [-0.39, 0.29) is 27.5 Å². The molecule has 0 aliphatic rings. The van der Waals surface area contributed by atoms with Gasteiger partial charge in [0.1, 0.15) is 11.0 Å². The van der Waals surface area contributed by atoms with Gasteiger partial charge in [-0.2, -0.15) is 13.2 Å². The second-order valence-electron chi connectivity index (χ2n) is 5.26. The Bertz CT molecular complexity index is 928. The molecule has 0 saturated heterocycles. The zero-order chi connectivity index (χ0) is 18.9. The zero-order valence-electron chi connectivity index (χ0n) is 13.6. The molecule has 0 radical (unpaired) electrons. The first kappa shape index (κ1) is 18.7. The number of methoxy groups -OCH3 is 1. The third-order valence-corrected chi connectivity index (χ3v) is 5.86. The molecule has 0 aliphatic heterocycles. The summed E-state index contributed by atoms with van der Waals surface area (Å²) >= 11 is 2.48. The molecule has 3 aromatic rings. The maximum atomic E-state index is 13.6. The van der Waals surface area contributed by atoms with Gasteiger partial charge in [-0.25, -0.2) is 9.97 Å². The van der Waals surface area contributed by atoms with E-state index < -0.39 is 11.7 Å². The van der Waals surface area contributed by atoms with Gasteiger partial charge in [0.25, 0.3) is 0 Å². The van der Waals surface area contributed by atoms with Crippen molar-refractivity contribution in [1.29, 1.82) is 0 Å². The first-order valence-electron chi connectivity index (χ1n) is 7.36. The Balaban J connectivity index is 2.16. The number of ether oxygens (including phenoxy) is 1. The van der Waals surface area contributed by atoms with Crippen LogP contribution in [0.5, 0.6) is 0 Å². The molecule has 11 heteroatoms. The minimum atomic E-state index is -4.56. The third kappa shape index (κ3) is 3.69. The predicted octanol–water partition coefficient (Wildman–Crippen LogP) is 3.09. The number of pyridine rings is 1. The van der Waals surface area contributed by atoms with Crippen LogP contribution in [0.4, 0.5) is 24.8 Å². The molecule has 6 nitrogen and oxygen atoms in total. The number of nitrogens with two attached hydrogens (primary N) is 2. The average molecular weight is 402 g/mol. The van der Waals surface area contributed by atoms with Crippen LogP contribution in [0, 0.1) is 0 Å². The smallest absolute Gasteiger partial charge is 0.397 e. The number of thiophene rings is 1. The van der Waals surface area contributed by atoms with Gasteiger partial charge in [0.2, 0.25) is 0 Å². The molecule has 3 heterocycles. The summed E-state index contributed by atoms with van der Waals surface area (Å²) in [6.45, 7) is 0.468. The largest absolute Gasteiger partial charge is 0.417 e. The van der Waals surface area contributed by atoms with E-state index in [1.54, 1.807) is 7.11 Å². The Kier molecular flexibility index (Phi) is 5.21. The Morgan fingerprint density at radius 2 is 2.12 bits per heavy atom. The number of thioether (sulfide) groups is 1. The van der Waals surface area contributed by atoms with Gasteiger partial charge < -0.3 is 10.5 Å². The number of halogens is 3. The van der Waals surface area contributed by atoms with Crippen LogP contribution in [-0.4, -0.2) is 29.4 Å². The molecule has 138 valence electrons. The van der Waals surface area contributed by atoms with Gasteiger partial charge >= 0.3 is 12.1 Å². The molecule has 0 aliphatic carbocycles. The number of aromatic amines is 1. The van der Waals surface area contributed by atoms with Crippen LogP contribution < -0.4 is 16.5 Å². The SMILES string of the molecule is COCCSc1sc2nc(-c3cnc(N)[nH+]c3)cc(C(F)(F)F)c2c1N. The van der Waals surface area contributed by atoms with E-state index in [9.17, 15) is 13.2 Å². The topological polar surface area (TPSA) is 101 Å². The van der Waals surface area contributed by atoms with Crippen molar-refractivity contribution in [2.45, 2.75) is 10.4 Å². The van der Waals surface area contributed by atoms with Gasteiger partial charge in [-0.05, 0) is 6.07 Å². The number of anilines is 2. The fraction of sp³-hybridized carbons (Fsp3) is 0.267. The van der Waals surface area contributed by atoms with E-state index in [1.165, 1.54) is 24.2 Å².